The van der Waals surface area contributed by atoms with Gasteiger partial charge in [-0.2, -0.15) is 0 Å². The molecule has 0 fully saturated rings. The number of guanidine groups is 1. The van der Waals surface area contributed by atoms with Gasteiger partial charge in [0.15, 0.2) is 5.96 Å². The summed E-state index contributed by atoms with van der Waals surface area (Å²) in [5.41, 5.74) is 17.9. The molecule has 3 aromatic rings. The number of rotatable bonds is 19. The maximum absolute atomic E-state index is 13.7. The van der Waals surface area contributed by atoms with E-state index >= 15 is 0 Å². The van der Waals surface area contributed by atoms with Crippen molar-refractivity contribution in [2.75, 3.05) is 13.6 Å². The smallest absolute Gasteiger partial charge is 0.334 e. The summed E-state index contributed by atoms with van der Waals surface area (Å²) in [5.74, 6) is -3.13. The number of benzene rings is 3. The van der Waals surface area contributed by atoms with Crippen LogP contribution in [0.5, 0.6) is 0 Å². The third kappa shape index (κ3) is 15.6. The SMILES string of the molecule is CN=C(N)NCCC[C@H](NC(=O)[C@H](CC(C)C)NC(=O)NNC(=O)[C@H](Cc1ccccc1)NC(=O)c1ccccc1)C(=O)N[C@@H](Cc1ccccc1)C(N)=O. The number of urea groups is 1. The molecule has 0 aliphatic heterocycles. The summed E-state index contributed by atoms with van der Waals surface area (Å²) in [6.07, 6.45) is 0.944. The number of nitrogens with zero attached hydrogens (tertiary/aromatic N) is 1. The zero-order valence-corrected chi connectivity index (χ0v) is 31.3. The van der Waals surface area contributed by atoms with E-state index in [2.05, 4.69) is 42.4 Å². The van der Waals surface area contributed by atoms with Gasteiger partial charge in [0, 0.05) is 32.0 Å². The second-order valence-electron chi connectivity index (χ2n) is 13.2. The Morgan fingerprint density at radius 2 is 1.15 bits per heavy atom. The Bertz CT molecular complexity index is 1740. The maximum atomic E-state index is 13.7. The molecule has 11 N–H and O–H groups in total. The molecule has 0 saturated heterocycles. The number of nitrogens with two attached hydrogens (primary N) is 2. The van der Waals surface area contributed by atoms with Gasteiger partial charge in [0.2, 0.25) is 17.7 Å². The standard InChI is InChI=1S/C39H52N10O6/c1-25(2)22-31(47-39(55)49-48-37(54)32(24-27-16-9-5-10-17-27)46-34(51)28-18-11-6-12-19-28)36(53)44-29(20-13-21-43-38(41)42-3)35(52)45-30(33(40)50)23-26-14-7-4-8-15-26/h4-12,14-19,25,29-32H,13,20-24H2,1-3H3,(H2,40,50)(H,44,53)(H,45,52)(H,46,51)(H,48,54)(H3,41,42,43)(H2,47,49,55)/t29-,30-,31-,32-/m0/s1. The lowest BCUT2D eigenvalue weighted by Crippen LogP contribution is -2.59. The summed E-state index contributed by atoms with van der Waals surface area (Å²) in [4.78, 5) is 82.9. The van der Waals surface area contributed by atoms with Gasteiger partial charge in [-0.05, 0) is 48.4 Å². The molecule has 0 unspecified atom stereocenters. The minimum atomic E-state index is -1.14. The number of hydrazine groups is 1. The van der Waals surface area contributed by atoms with Crippen LogP contribution in [0.15, 0.2) is 96.0 Å². The Morgan fingerprint density at radius 1 is 0.618 bits per heavy atom. The van der Waals surface area contributed by atoms with Gasteiger partial charge in [-0.25, -0.2) is 10.2 Å². The summed E-state index contributed by atoms with van der Waals surface area (Å²) in [6.45, 7) is 4.03. The topological polar surface area (TPSA) is 251 Å². The zero-order valence-electron chi connectivity index (χ0n) is 31.3. The van der Waals surface area contributed by atoms with Crippen molar-refractivity contribution in [3.05, 3.63) is 108 Å². The highest BCUT2D eigenvalue weighted by atomic mass is 16.2. The maximum Gasteiger partial charge on any atom is 0.334 e. The number of primary amides is 1. The Kier molecular flexibility index (Phi) is 17.6. The lowest BCUT2D eigenvalue weighted by molar-refractivity contribution is -0.132. The largest absolute Gasteiger partial charge is 0.370 e. The third-order valence-corrected chi connectivity index (χ3v) is 8.36. The van der Waals surface area contributed by atoms with Gasteiger partial charge in [0.25, 0.3) is 11.8 Å². The lowest BCUT2D eigenvalue weighted by atomic mass is 10.0. The van der Waals surface area contributed by atoms with Gasteiger partial charge in [0.05, 0.1) is 0 Å². The number of hydrogen-bond acceptors (Lipinski definition) is 7. The van der Waals surface area contributed by atoms with E-state index in [0.717, 1.165) is 11.1 Å². The average Bonchev–Trinajstić information content (AvgIpc) is 3.17. The van der Waals surface area contributed by atoms with Gasteiger partial charge in [-0.15, -0.1) is 0 Å². The summed E-state index contributed by atoms with van der Waals surface area (Å²) in [5, 5.41) is 13.6. The van der Waals surface area contributed by atoms with Crippen molar-refractivity contribution in [2.45, 2.75) is 70.1 Å². The van der Waals surface area contributed by atoms with E-state index in [-0.39, 0.29) is 37.6 Å². The molecule has 0 saturated carbocycles. The van der Waals surface area contributed by atoms with E-state index in [0.29, 0.717) is 18.5 Å². The molecule has 0 bridgehead atoms. The van der Waals surface area contributed by atoms with E-state index in [1.54, 1.807) is 78.9 Å². The molecule has 16 heteroatoms. The van der Waals surface area contributed by atoms with Crippen LogP contribution >= 0.6 is 0 Å². The van der Waals surface area contributed by atoms with Crippen molar-refractivity contribution >= 4 is 41.5 Å². The van der Waals surface area contributed by atoms with Crippen LogP contribution in [0.2, 0.25) is 0 Å². The first-order chi connectivity index (χ1) is 26.4. The first kappa shape index (κ1) is 43.0. The molecule has 0 radical (unpaired) electrons. The minimum absolute atomic E-state index is 0.0769. The van der Waals surface area contributed by atoms with Crippen molar-refractivity contribution in [1.82, 2.24) is 37.4 Å². The molecule has 16 nitrogen and oxygen atoms in total. The first-order valence-electron chi connectivity index (χ1n) is 18.0. The van der Waals surface area contributed by atoms with Crippen LogP contribution in [-0.4, -0.2) is 79.3 Å². The third-order valence-electron chi connectivity index (χ3n) is 8.36. The quantitative estimate of drug-likeness (QED) is 0.0365. The molecule has 55 heavy (non-hydrogen) atoms. The van der Waals surface area contributed by atoms with Gasteiger partial charge < -0.3 is 38.1 Å². The number of aliphatic imine (C=N–C) groups is 1. The van der Waals surface area contributed by atoms with Gasteiger partial charge in [0.1, 0.15) is 24.2 Å². The number of hydrogen-bond donors (Lipinski definition) is 9. The van der Waals surface area contributed by atoms with Crippen LogP contribution in [-0.2, 0) is 32.0 Å². The van der Waals surface area contributed by atoms with Crippen molar-refractivity contribution in [3.8, 4) is 0 Å². The highest BCUT2D eigenvalue weighted by Gasteiger charge is 2.30. The fourth-order valence-electron chi connectivity index (χ4n) is 5.48. The van der Waals surface area contributed by atoms with Crippen molar-refractivity contribution in [1.29, 1.82) is 0 Å². The molecule has 3 aromatic carbocycles. The predicted molar refractivity (Wildman–Crippen MR) is 209 cm³/mol. The van der Waals surface area contributed by atoms with E-state index in [1.165, 1.54) is 7.05 Å². The molecular weight excluding hydrogens is 704 g/mol. The van der Waals surface area contributed by atoms with E-state index in [4.69, 9.17) is 11.5 Å². The molecule has 0 heterocycles. The summed E-state index contributed by atoms with van der Waals surface area (Å²) in [7, 11) is 1.52. The lowest BCUT2D eigenvalue weighted by Gasteiger charge is -2.26. The van der Waals surface area contributed by atoms with Crippen LogP contribution in [0.3, 0.4) is 0 Å². The summed E-state index contributed by atoms with van der Waals surface area (Å²) >= 11 is 0. The molecule has 0 aromatic heterocycles. The zero-order chi connectivity index (χ0) is 40.2. The molecule has 0 aliphatic rings. The Labute approximate surface area is 321 Å². The van der Waals surface area contributed by atoms with Crippen LogP contribution in [0.25, 0.3) is 0 Å². The molecule has 294 valence electrons. The van der Waals surface area contributed by atoms with Crippen molar-refractivity contribution in [3.63, 3.8) is 0 Å². The molecule has 3 rings (SSSR count). The van der Waals surface area contributed by atoms with E-state index in [9.17, 15) is 28.8 Å². The fraction of sp³-hybridized carbons (Fsp3) is 0.359. The van der Waals surface area contributed by atoms with Gasteiger partial charge >= 0.3 is 6.03 Å². The van der Waals surface area contributed by atoms with Crippen molar-refractivity contribution < 1.29 is 28.8 Å². The summed E-state index contributed by atoms with van der Waals surface area (Å²) in [6, 6.07) is 21.2. The monoisotopic (exact) mass is 756 g/mol. The highest BCUT2D eigenvalue weighted by Crippen LogP contribution is 2.09. The summed E-state index contributed by atoms with van der Waals surface area (Å²) < 4.78 is 0. The number of amides is 7. The van der Waals surface area contributed by atoms with Crippen LogP contribution < -0.4 is 48.9 Å². The molecule has 0 spiro atoms. The molecule has 4 atom stereocenters. The molecule has 0 aliphatic carbocycles. The molecule has 7 amide bonds. The normalized spacial score (nSPS) is 13.3. The first-order valence-corrected chi connectivity index (χ1v) is 18.0. The Balaban J connectivity index is 1.70. The Hall–Kier alpha value is -6.45. The van der Waals surface area contributed by atoms with E-state index in [1.807, 2.05) is 26.0 Å². The predicted octanol–water partition coefficient (Wildman–Crippen LogP) is 0.785. The van der Waals surface area contributed by atoms with E-state index < -0.39 is 59.7 Å². The van der Waals surface area contributed by atoms with Crippen molar-refractivity contribution in [2.24, 2.45) is 22.4 Å². The van der Waals surface area contributed by atoms with Crippen LogP contribution in [0.1, 0.15) is 54.6 Å². The highest BCUT2D eigenvalue weighted by molar-refractivity contribution is 5.98. The number of carbonyl (C=O) groups excluding carboxylic acids is 6. The van der Waals surface area contributed by atoms with Crippen LogP contribution in [0, 0.1) is 5.92 Å². The fourth-order valence-corrected chi connectivity index (χ4v) is 5.48. The van der Waals surface area contributed by atoms with Gasteiger partial charge in [-0.1, -0.05) is 92.7 Å². The Morgan fingerprint density at radius 3 is 1.69 bits per heavy atom. The van der Waals surface area contributed by atoms with Crippen LogP contribution in [0.4, 0.5) is 4.79 Å². The number of carbonyl (C=O) groups is 6. The minimum Gasteiger partial charge on any atom is -0.370 e. The number of nitrogens with one attached hydrogen (secondary N) is 7. The molecular formula is C39H52N10O6. The van der Waals surface area contributed by atoms with Gasteiger partial charge in [-0.3, -0.25) is 34.4 Å². The second kappa shape index (κ2) is 22.6. The second-order valence-corrected chi connectivity index (χ2v) is 13.2. The average molecular weight is 757 g/mol.